The maximum atomic E-state index is 13.0. The molecule has 0 aliphatic heterocycles. The van der Waals surface area contributed by atoms with Crippen molar-refractivity contribution in [1.82, 2.24) is 9.78 Å². The van der Waals surface area contributed by atoms with Gasteiger partial charge < -0.3 is 4.74 Å². The SMILES string of the molecule is CCC(=O)Oc1c(S(=O)(=O)c2ccccc2)c(C)nn1C(C)(C)C. The van der Waals surface area contributed by atoms with E-state index in [1.165, 1.54) is 16.8 Å². The summed E-state index contributed by atoms with van der Waals surface area (Å²) in [5, 5.41) is 4.32. The lowest BCUT2D eigenvalue weighted by molar-refractivity contribution is -0.134. The van der Waals surface area contributed by atoms with Crippen molar-refractivity contribution in [1.29, 1.82) is 0 Å². The highest BCUT2D eigenvalue weighted by molar-refractivity contribution is 7.91. The molecule has 6 nitrogen and oxygen atoms in total. The van der Waals surface area contributed by atoms with Crippen LogP contribution in [0.2, 0.25) is 0 Å². The van der Waals surface area contributed by atoms with Crippen LogP contribution in [-0.2, 0) is 20.2 Å². The Hall–Kier alpha value is -2.15. The Morgan fingerprint density at radius 1 is 1.21 bits per heavy atom. The number of nitrogens with zero attached hydrogens (tertiary/aromatic N) is 2. The molecule has 0 aliphatic carbocycles. The second-order valence-corrected chi connectivity index (χ2v) is 8.33. The number of sulfone groups is 1. The Kier molecular flexibility index (Phi) is 4.85. The number of carbonyl (C=O) groups is 1. The van der Waals surface area contributed by atoms with E-state index in [9.17, 15) is 13.2 Å². The van der Waals surface area contributed by atoms with Crippen LogP contribution in [0.15, 0.2) is 40.1 Å². The van der Waals surface area contributed by atoms with Gasteiger partial charge in [-0.3, -0.25) is 4.79 Å². The minimum Gasteiger partial charge on any atom is -0.406 e. The summed E-state index contributed by atoms with van der Waals surface area (Å²) in [6, 6.07) is 8.05. The van der Waals surface area contributed by atoms with Gasteiger partial charge in [-0.25, -0.2) is 13.1 Å². The van der Waals surface area contributed by atoms with Gasteiger partial charge in [-0.05, 0) is 39.8 Å². The smallest absolute Gasteiger partial charge is 0.312 e. The first-order chi connectivity index (χ1) is 11.1. The molecular formula is C17H22N2O4S. The lowest BCUT2D eigenvalue weighted by atomic mass is 10.1. The second kappa shape index (κ2) is 6.39. The third-order valence-corrected chi connectivity index (χ3v) is 5.32. The average molecular weight is 350 g/mol. The highest BCUT2D eigenvalue weighted by Gasteiger charge is 2.34. The van der Waals surface area contributed by atoms with E-state index in [1.54, 1.807) is 32.0 Å². The van der Waals surface area contributed by atoms with Crippen molar-refractivity contribution >= 4 is 15.8 Å². The Labute approximate surface area is 142 Å². The molecule has 0 saturated carbocycles. The molecular weight excluding hydrogens is 328 g/mol. The van der Waals surface area contributed by atoms with Gasteiger partial charge in [0.05, 0.1) is 16.1 Å². The van der Waals surface area contributed by atoms with E-state index >= 15 is 0 Å². The summed E-state index contributed by atoms with van der Waals surface area (Å²) in [7, 11) is -3.85. The summed E-state index contributed by atoms with van der Waals surface area (Å²) in [4.78, 5) is 11.9. The van der Waals surface area contributed by atoms with Crippen LogP contribution >= 0.6 is 0 Å². The van der Waals surface area contributed by atoms with Crippen LogP contribution in [0.25, 0.3) is 0 Å². The van der Waals surface area contributed by atoms with Gasteiger partial charge in [0, 0.05) is 6.42 Å². The quantitative estimate of drug-likeness (QED) is 0.792. The molecule has 2 rings (SSSR count). The highest BCUT2D eigenvalue weighted by Crippen LogP contribution is 2.35. The minimum atomic E-state index is -3.85. The second-order valence-electron chi connectivity index (χ2n) is 6.45. The Balaban J connectivity index is 2.74. The van der Waals surface area contributed by atoms with Crippen LogP contribution in [0, 0.1) is 6.92 Å². The fourth-order valence-corrected chi connectivity index (χ4v) is 3.78. The molecule has 0 fully saturated rings. The molecule has 7 heteroatoms. The minimum absolute atomic E-state index is 0.0318. The molecule has 0 unspecified atom stereocenters. The fraction of sp³-hybridized carbons (Fsp3) is 0.412. The van der Waals surface area contributed by atoms with E-state index in [0.29, 0.717) is 5.69 Å². The zero-order chi connectivity index (χ0) is 18.1. The van der Waals surface area contributed by atoms with Crippen LogP contribution < -0.4 is 4.74 Å². The lowest BCUT2D eigenvalue weighted by Crippen LogP contribution is -2.25. The van der Waals surface area contributed by atoms with Gasteiger partial charge in [0.1, 0.15) is 0 Å². The van der Waals surface area contributed by atoms with E-state index in [4.69, 9.17) is 4.74 Å². The predicted molar refractivity (Wildman–Crippen MR) is 89.8 cm³/mol. The maximum Gasteiger partial charge on any atom is 0.312 e. The summed E-state index contributed by atoms with van der Waals surface area (Å²) in [6.07, 6.45) is 0.138. The standard InChI is InChI=1S/C17H22N2O4S/c1-6-14(20)23-16-15(12(2)18-19(16)17(3,4)5)24(21,22)13-10-8-7-9-11-13/h7-11H,6H2,1-5H3. The van der Waals surface area contributed by atoms with E-state index in [2.05, 4.69) is 5.10 Å². The zero-order valence-corrected chi connectivity index (χ0v) is 15.3. The van der Waals surface area contributed by atoms with Gasteiger partial charge in [0.15, 0.2) is 4.90 Å². The van der Waals surface area contributed by atoms with Crippen molar-refractivity contribution in [2.24, 2.45) is 0 Å². The highest BCUT2D eigenvalue weighted by atomic mass is 32.2. The van der Waals surface area contributed by atoms with Gasteiger partial charge in [-0.1, -0.05) is 25.1 Å². The molecule has 0 aliphatic rings. The summed E-state index contributed by atoms with van der Waals surface area (Å²) >= 11 is 0. The van der Waals surface area contributed by atoms with Gasteiger partial charge in [-0.2, -0.15) is 5.10 Å². The monoisotopic (exact) mass is 350 g/mol. The maximum absolute atomic E-state index is 13.0. The van der Waals surface area contributed by atoms with Crippen molar-refractivity contribution in [3.05, 3.63) is 36.0 Å². The number of hydrogen-bond donors (Lipinski definition) is 0. The summed E-state index contributed by atoms with van der Waals surface area (Å²) in [5.74, 6) is -0.541. The first-order valence-electron chi connectivity index (χ1n) is 7.70. The van der Waals surface area contributed by atoms with Crippen molar-refractivity contribution in [2.75, 3.05) is 0 Å². The van der Waals surface area contributed by atoms with E-state index < -0.39 is 21.3 Å². The topological polar surface area (TPSA) is 78.3 Å². The van der Waals surface area contributed by atoms with Crippen molar-refractivity contribution in [3.63, 3.8) is 0 Å². The summed E-state index contributed by atoms with van der Waals surface area (Å²) in [5.41, 5.74) is -0.244. The molecule has 1 heterocycles. The molecule has 0 atom stereocenters. The van der Waals surface area contributed by atoms with Gasteiger partial charge in [0.2, 0.25) is 15.7 Å². The molecule has 0 amide bonds. The molecule has 1 aromatic heterocycles. The van der Waals surface area contributed by atoms with Crippen LogP contribution in [-0.4, -0.2) is 24.2 Å². The molecule has 0 radical (unpaired) electrons. The normalized spacial score (nSPS) is 12.2. The molecule has 24 heavy (non-hydrogen) atoms. The van der Waals surface area contributed by atoms with Crippen molar-refractivity contribution in [2.45, 2.75) is 56.4 Å². The Bertz CT molecular complexity index is 847. The zero-order valence-electron chi connectivity index (χ0n) is 14.5. The summed E-state index contributed by atoms with van der Waals surface area (Å²) in [6.45, 7) is 8.84. The van der Waals surface area contributed by atoms with E-state index in [1.807, 2.05) is 20.8 Å². The number of ether oxygens (including phenoxy) is 1. The average Bonchev–Trinajstić information content (AvgIpc) is 2.85. The van der Waals surface area contributed by atoms with Crippen LogP contribution in [0.5, 0.6) is 5.88 Å². The fourth-order valence-electron chi connectivity index (χ4n) is 2.24. The third-order valence-electron chi connectivity index (χ3n) is 3.42. The number of benzene rings is 1. The molecule has 0 N–H and O–H groups in total. The Morgan fingerprint density at radius 2 is 1.79 bits per heavy atom. The molecule has 0 spiro atoms. The van der Waals surface area contributed by atoms with Crippen LogP contribution in [0.1, 0.15) is 39.8 Å². The first-order valence-corrected chi connectivity index (χ1v) is 9.18. The van der Waals surface area contributed by atoms with E-state index in [-0.39, 0.29) is 22.1 Å². The number of esters is 1. The van der Waals surface area contributed by atoms with Gasteiger partial charge in [-0.15, -0.1) is 0 Å². The van der Waals surface area contributed by atoms with Gasteiger partial charge in [0.25, 0.3) is 0 Å². The predicted octanol–water partition coefficient (Wildman–Crippen LogP) is 3.09. The van der Waals surface area contributed by atoms with Crippen molar-refractivity contribution in [3.8, 4) is 5.88 Å². The lowest BCUT2D eigenvalue weighted by Gasteiger charge is -2.21. The Morgan fingerprint density at radius 3 is 2.29 bits per heavy atom. The third kappa shape index (κ3) is 3.36. The number of aryl methyl sites for hydroxylation is 1. The first kappa shape index (κ1) is 18.2. The van der Waals surface area contributed by atoms with Gasteiger partial charge >= 0.3 is 5.97 Å². The molecule has 1 aromatic carbocycles. The van der Waals surface area contributed by atoms with Crippen LogP contribution in [0.3, 0.4) is 0 Å². The molecule has 0 bridgehead atoms. The van der Waals surface area contributed by atoms with Crippen molar-refractivity contribution < 1.29 is 17.9 Å². The molecule has 0 saturated heterocycles. The number of rotatable bonds is 4. The number of aromatic nitrogens is 2. The van der Waals surface area contributed by atoms with E-state index in [0.717, 1.165) is 0 Å². The summed E-state index contributed by atoms with van der Waals surface area (Å²) < 4.78 is 32.9. The number of hydrogen-bond acceptors (Lipinski definition) is 5. The molecule has 130 valence electrons. The largest absolute Gasteiger partial charge is 0.406 e. The van der Waals surface area contributed by atoms with Crippen LogP contribution in [0.4, 0.5) is 0 Å². The molecule has 2 aromatic rings. The number of carbonyl (C=O) groups excluding carboxylic acids is 1.